The molecular formula is C17H15ClN2O4S. The van der Waals surface area contributed by atoms with Crippen molar-refractivity contribution in [3.8, 4) is 0 Å². The van der Waals surface area contributed by atoms with Gasteiger partial charge in [-0.1, -0.05) is 29.8 Å². The molecular weight excluding hydrogens is 364 g/mol. The van der Waals surface area contributed by atoms with Crippen LogP contribution in [-0.2, 0) is 14.8 Å². The van der Waals surface area contributed by atoms with Crippen molar-refractivity contribution in [2.45, 2.75) is 24.8 Å². The largest absolute Gasteiger partial charge is 0.324 e. The third kappa shape index (κ3) is 2.79. The summed E-state index contributed by atoms with van der Waals surface area (Å²) in [5.41, 5.74) is 1.19. The number of fused-ring (bicyclic) bond motifs is 1. The second-order valence-electron chi connectivity index (χ2n) is 5.68. The molecule has 2 amide bonds. The average Bonchev–Trinajstić information content (AvgIpc) is 2.78. The molecule has 0 radical (unpaired) electrons. The van der Waals surface area contributed by atoms with E-state index in [4.69, 9.17) is 11.6 Å². The first-order valence-electron chi connectivity index (χ1n) is 7.49. The highest BCUT2D eigenvalue weighted by molar-refractivity contribution is 7.90. The molecule has 2 aromatic carbocycles. The van der Waals surface area contributed by atoms with E-state index in [9.17, 15) is 18.0 Å². The molecule has 8 heteroatoms. The molecule has 25 heavy (non-hydrogen) atoms. The van der Waals surface area contributed by atoms with Gasteiger partial charge in [-0.3, -0.25) is 9.59 Å². The number of rotatable bonds is 3. The highest BCUT2D eigenvalue weighted by Crippen LogP contribution is 2.32. The molecule has 0 bridgehead atoms. The van der Waals surface area contributed by atoms with Crippen LogP contribution in [0.15, 0.2) is 47.4 Å². The molecule has 1 aliphatic heterocycles. The maximum Gasteiger partial charge on any atom is 0.269 e. The molecule has 0 spiro atoms. The summed E-state index contributed by atoms with van der Waals surface area (Å²) in [6.07, 6.45) is 0. The maximum atomic E-state index is 12.6. The Hall–Kier alpha value is -2.38. The maximum absolute atomic E-state index is 12.6. The summed E-state index contributed by atoms with van der Waals surface area (Å²) in [6, 6.07) is 9.70. The van der Waals surface area contributed by atoms with Crippen molar-refractivity contribution < 1.29 is 18.0 Å². The van der Waals surface area contributed by atoms with Crippen LogP contribution >= 0.6 is 11.6 Å². The lowest BCUT2D eigenvalue weighted by Gasteiger charge is -2.22. The Bertz CT molecular complexity index is 988. The van der Waals surface area contributed by atoms with Gasteiger partial charge in [-0.05, 0) is 43.7 Å². The number of nitrogens with zero attached hydrogens (tertiary/aromatic N) is 1. The van der Waals surface area contributed by atoms with Crippen LogP contribution in [0.4, 0.5) is 5.69 Å². The summed E-state index contributed by atoms with van der Waals surface area (Å²) >= 11 is 6.02. The fourth-order valence-corrected chi connectivity index (χ4v) is 4.57. The number of hydrogen-bond acceptors (Lipinski definition) is 4. The predicted octanol–water partition coefficient (Wildman–Crippen LogP) is 2.82. The molecule has 0 saturated carbocycles. The number of benzene rings is 2. The van der Waals surface area contributed by atoms with Gasteiger partial charge in [-0.25, -0.2) is 12.7 Å². The fourth-order valence-electron chi connectivity index (χ4n) is 2.67. The number of carbonyl (C=O) groups is 2. The lowest BCUT2D eigenvalue weighted by molar-refractivity contribution is -0.118. The summed E-state index contributed by atoms with van der Waals surface area (Å²) in [6.45, 7) is 3.10. The van der Waals surface area contributed by atoms with Crippen molar-refractivity contribution in [1.29, 1.82) is 0 Å². The topological polar surface area (TPSA) is 83.6 Å². The van der Waals surface area contributed by atoms with Gasteiger partial charge in [0, 0.05) is 10.7 Å². The first-order chi connectivity index (χ1) is 11.7. The molecule has 1 heterocycles. The lowest BCUT2D eigenvalue weighted by atomic mass is 10.1. The Morgan fingerprint density at radius 2 is 1.84 bits per heavy atom. The van der Waals surface area contributed by atoms with Crippen molar-refractivity contribution in [2.75, 3.05) is 5.32 Å². The van der Waals surface area contributed by atoms with Crippen molar-refractivity contribution in [3.05, 3.63) is 58.6 Å². The number of amides is 2. The molecule has 0 unspecified atom stereocenters. The Morgan fingerprint density at radius 3 is 2.52 bits per heavy atom. The van der Waals surface area contributed by atoms with Gasteiger partial charge in [-0.2, -0.15) is 0 Å². The molecule has 2 aromatic rings. The van der Waals surface area contributed by atoms with Crippen LogP contribution in [0.2, 0.25) is 5.02 Å². The van der Waals surface area contributed by atoms with E-state index in [-0.39, 0.29) is 10.5 Å². The Labute approximate surface area is 150 Å². The van der Waals surface area contributed by atoms with Gasteiger partial charge >= 0.3 is 0 Å². The molecule has 1 atom stereocenters. The quantitative estimate of drug-likeness (QED) is 0.890. The van der Waals surface area contributed by atoms with Crippen LogP contribution in [-0.4, -0.2) is 30.6 Å². The number of halogens is 1. The van der Waals surface area contributed by atoms with Crippen LogP contribution in [0.1, 0.15) is 22.8 Å². The van der Waals surface area contributed by atoms with E-state index in [1.807, 2.05) is 0 Å². The van der Waals surface area contributed by atoms with Gasteiger partial charge in [0.05, 0.1) is 5.56 Å². The highest BCUT2D eigenvalue weighted by Gasteiger charge is 2.45. The van der Waals surface area contributed by atoms with E-state index in [1.54, 1.807) is 31.2 Å². The summed E-state index contributed by atoms with van der Waals surface area (Å²) in [5, 5.41) is 3.11. The zero-order valence-corrected chi connectivity index (χ0v) is 15.1. The van der Waals surface area contributed by atoms with E-state index in [1.165, 1.54) is 25.1 Å². The van der Waals surface area contributed by atoms with E-state index < -0.39 is 27.9 Å². The number of sulfonamides is 1. The van der Waals surface area contributed by atoms with E-state index in [0.717, 1.165) is 0 Å². The first kappa shape index (κ1) is 17.4. The molecule has 0 aliphatic carbocycles. The minimum Gasteiger partial charge on any atom is -0.324 e. The van der Waals surface area contributed by atoms with Gasteiger partial charge < -0.3 is 5.32 Å². The van der Waals surface area contributed by atoms with Crippen molar-refractivity contribution >= 4 is 39.1 Å². The van der Waals surface area contributed by atoms with Crippen LogP contribution in [0.3, 0.4) is 0 Å². The first-order valence-corrected chi connectivity index (χ1v) is 9.30. The minimum absolute atomic E-state index is 0.0705. The summed E-state index contributed by atoms with van der Waals surface area (Å²) in [5.74, 6) is -1.32. The standard InChI is InChI=1S/C17H15ClN2O4S/c1-10-13(18)7-5-8-14(10)19-16(21)11(2)20-17(22)12-6-3-4-9-15(12)25(20,23)24/h3-9,11H,1-2H3,(H,19,21)/t11-/m1/s1. The minimum atomic E-state index is -4.05. The molecule has 130 valence electrons. The molecule has 3 rings (SSSR count). The van der Waals surface area contributed by atoms with Gasteiger partial charge in [-0.15, -0.1) is 0 Å². The predicted molar refractivity (Wildman–Crippen MR) is 94.1 cm³/mol. The summed E-state index contributed by atoms with van der Waals surface area (Å²) < 4.78 is 25.9. The van der Waals surface area contributed by atoms with Gasteiger partial charge in [0.15, 0.2) is 0 Å². The Kier molecular flexibility index (Phi) is 4.30. The number of anilines is 1. The molecule has 1 N–H and O–H groups in total. The third-order valence-electron chi connectivity index (χ3n) is 4.11. The van der Waals surface area contributed by atoms with Gasteiger partial charge in [0.2, 0.25) is 5.91 Å². The monoisotopic (exact) mass is 378 g/mol. The van der Waals surface area contributed by atoms with Crippen LogP contribution in [0, 0.1) is 6.92 Å². The van der Waals surface area contributed by atoms with Crippen LogP contribution < -0.4 is 5.32 Å². The summed E-state index contributed by atoms with van der Waals surface area (Å²) in [7, 11) is -4.05. The van der Waals surface area contributed by atoms with Crippen molar-refractivity contribution in [3.63, 3.8) is 0 Å². The molecule has 0 fully saturated rings. The van der Waals surface area contributed by atoms with Crippen LogP contribution in [0.5, 0.6) is 0 Å². The molecule has 0 saturated heterocycles. The van der Waals surface area contributed by atoms with Gasteiger partial charge in [0.25, 0.3) is 15.9 Å². The Morgan fingerprint density at radius 1 is 1.16 bits per heavy atom. The molecule has 6 nitrogen and oxygen atoms in total. The SMILES string of the molecule is Cc1c(Cl)cccc1NC(=O)[C@@H](C)N1C(=O)c2ccccc2S1(=O)=O. The highest BCUT2D eigenvalue weighted by atomic mass is 35.5. The second kappa shape index (κ2) is 6.16. The third-order valence-corrected chi connectivity index (χ3v) is 6.43. The normalized spacial score (nSPS) is 16.4. The van der Waals surface area contributed by atoms with Gasteiger partial charge in [0.1, 0.15) is 10.9 Å². The van der Waals surface area contributed by atoms with Crippen LogP contribution in [0.25, 0.3) is 0 Å². The zero-order valence-electron chi connectivity index (χ0n) is 13.5. The van der Waals surface area contributed by atoms with E-state index >= 15 is 0 Å². The zero-order chi connectivity index (χ0) is 18.4. The number of carbonyl (C=O) groups excluding carboxylic acids is 2. The number of hydrogen-bond donors (Lipinski definition) is 1. The Balaban J connectivity index is 1.91. The van der Waals surface area contributed by atoms with Crippen molar-refractivity contribution in [1.82, 2.24) is 4.31 Å². The molecule has 1 aliphatic rings. The smallest absolute Gasteiger partial charge is 0.269 e. The summed E-state index contributed by atoms with van der Waals surface area (Å²) in [4.78, 5) is 24.9. The van der Waals surface area contributed by atoms with E-state index in [0.29, 0.717) is 20.6 Å². The van der Waals surface area contributed by atoms with E-state index in [2.05, 4.69) is 5.32 Å². The fraction of sp³-hybridized carbons (Fsp3) is 0.176. The number of nitrogens with one attached hydrogen (secondary N) is 1. The molecule has 0 aromatic heterocycles. The average molecular weight is 379 g/mol. The second-order valence-corrected chi connectivity index (χ2v) is 7.87. The lowest BCUT2D eigenvalue weighted by Crippen LogP contribution is -2.45. The van der Waals surface area contributed by atoms with Crippen molar-refractivity contribution in [2.24, 2.45) is 0 Å².